The van der Waals surface area contributed by atoms with Gasteiger partial charge in [0.05, 0.1) is 23.9 Å². The van der Waals surface area contributed by atoms with Crippen LogP contribution in [0.4, 0.5) is 4.79 Å². The van der Waals surface area contributed by atoms with Crippen molar-refractivity contribution in [2.24, 2.45) is 0 Å². The van der Waals surface area contributed by atoms with Gasteiger partial charge in [0.1, 0.15) is 5.54 Å². The summed E-state index contributed by atoms with van der Waals surface area (Å²) in [5.41, 5.74) is -0.832. The van der Waals surface area contributed by atoms with Crippen LogP contribution in [0.15, 0.2) is 30.7 Å². The maximum absolute atomic E-state index is 13.1. The molecule has 5 heterocycles. The van der Waals surface area contributed by atoms with E-state index in [4.69, 9.17) is 0 Å². The summed E-state index contributed by atoms with van der Waals surface area (Å²) in [6, 6.07) is 3.48. The highest BCUT2D eigenvalue weighted by Gasteiger charge is 2.50. The number of urea groups is 1. The number of piperidine rings is 1. The maximum Gasteiger partial charge on any atom is 0.325 e. The fourth-order valence-corrected chi connectivity index (χ4v) is 5.70. The molecule has 32 heavy (non-hydrogen) atoms. The molecule has 4 amide bonds. The lowest BCUT2D eigenvalue weighted by Crippen LogP contribution is -2.55. The van der Waals surface area contributed by atoms with Crippen LogP contribution in [0, 0.1) is 0 Å². The molecule has 0 aliphatic carbocycles. The average molecular weight is 440 g/mol. The van der Waals surface area contributed by atoms with Gasteiger partial charge >= 0.3 is 6.03 Å². The SMILES string of the molecule is CC1(C)NC(=O)N(CCC(=O)N2[C@H]3CC[C@H]2CC(O)(Cn2ccc4ccncc42)C3)C1=O. The molecule has 5 rings (SSSR count). The quantitative estimate of drug-likeness (QED) is 0.689. The zero-order valence-electron chi connectivity index (χ0n) is 18.5. The van der Waals surface area contributed by atoms with E-state index in [1.165, 1.54) is 0 Å². The van der Waals surface area contributed by atoms with Gasteiger partial charge in [-0.05, 0) is 51.7 Å². The molecule has 3 fully saturated rings. The Kier molecular flexibility index (Phi) is 4.77. The number of hydrogen-bond acceptors (Lipinski definition) is 5. The molecule has 3 saturated heterocycles. The van der Waals surface area contributed by atoms with Gasteiger partial charge in [-0.1, -0.05) is 0 Å². The van der Waals surface area contributed by atoms with Gasteiger partial charge in [-0.15, -0.1) is 0 Å². The molecule has 2 atom stereocenters. The zero-order chi connectivity index (χ0) is 22.7. The second-order valence-electron chi connectivity index (χ2n) is 9.96. The number of pyridine rings is 1. The predicted molar refractivity (Wildman–Crippen MR) is 117 cm³/mol. The number of nitrogens with zero attached hydrogens (tertiary/aromatic N) is 4. The first-order chi connectivity index (χ1) is 15.2. The van der Waals surface area contributed by atoms with E-state index in [0.717, 1.165) is 28.6 Å². The lowest BCUT2D eigenvalue weighted by Gasteiger charge is -2.44. The third-order valence-corrected chi connectivity index (χ3v) is 7.17. The summed E-state index contributed by atoms with van der Waals surface area (Å²) < 4.78 is 2.04. The number of nitrogens with one attached hydrogen (secondary N) is 1. The molecule has 2 N–H and O–H groups in total. The van der Waals surface area contributed by atoms with Crippen LogP contribution in [-0.2, 0) is 16.1 Å². The fraction of sp³-hybridized carbons (Fsp3) is 0.565. The van der Waals surface area contributed by atoms with Crippen LogP contribution in [0.5, 0.6) is 0 Å². The summed E-state index contributed by atoms with van der Waals surface area (Å²) in [6.07, 6.45) is 8.41. The van der Waals surface area contributed by atoms with Crippen LogP contribution >= 0.6 is 0 Å². The van der Waals surface area contributed by atoms with Crippen molar-refractivity contribution in [3.05, 3.63) is 30.7 Å². The number of carbonyl (C=O) groups excluding carboxylic acids is 3. The Morgan fingerprint density at radius 2 is 1.94 bits per heavy atom. The van der Waals surface area contributed by atoms with Gasteiger partial charge in [-0.3, -0.25) is 19.5 Å². The third kappa shape index (κ3) is 3.44. The molecule has 3 aliphatic heterocycles. The lowest BCUT2D eigenvalue weighted by molar-refractivity contribution is -0.142. The van der Waals surface area contributed by atoms with Crippen LogP contribution < -0.4 is 5.32 Å². The first kappa shape index (κ1) is 20.9. The van der Waals surface area contributed by atoms with Gasteiger partial charge in [0.2, 0.25) is 5.91 Å². The average Bonchev–Trinajstić information content (AvgIpc) is 3.32. The number of hydrogen-bond donors (Lipinski definition) is 2. The molecular weight excluding hydrogens is 410 g/mol. The van der Waals surface area contributed by atoms with Crippen LogP contribution in [-0.4, -0.2) is 72.1 Å². The van der Waals surface area contributed by atoms with Crippen molar-refractivity contribution in [3.63, 3.8) is 0 Å². The normalized spacial score (nSPS) is 29.1. The van der Waals surface area contributed by atoms with Crippen LogP contribution in [0.25, 0.3) is 10.9 Å². The summed E-state index contributed by atoms with van der Waals surface area (Å²) in [4.78, 5) is 44.7. The maximum atomic E-state index is 13.1. The van der Waals surface area contributed by atoms with Crippen molar-refractivity contribution < 1.29 is 19.5 Å². The molecule has 0 spiro atoms. The second-order valence-corrected chi connectivity index (χ2v) is 9.96. The zero-order valence-corrected chi connectivity index (χ0v) is 18.5. The number of aromatic nitrogens is 2. The highest BCUT2D eigenvalue weighted by molar-refractivity contribution is 6.06. The van der Waals surface area contributed by atoms with Crippen LogP contribution in [0.1, 0.15) is 46.0 Å². The molecule has 2 aromatic heterocycles. The molecule has 0 radical (unpaired) electrons. The van der Waals surface area contributed by atoms with Crippen molar-refractivity contribution >= 4 is 28.7 Å². The summed E-state index contributed by atoms with van der Waals surface area (Å²) >= 11 is 0. The Labute approximate surface area is 186 Å². The Bertz CT molecular complexity index is 1080. The molecule has 170 valence electrons. The largest absolute Gasteiger partial charge is 0.388 e. The number of aliphatic hydroxyl groups is 1. The lowest BCUT2D eigenvalue weighted by atomic mass is 9.85. The number of fused-ring (bicyclic) bond motifs is 3. The van der Waals surface area contributed by atoms with E-state index in [2.05, 4.69) is 10.3 Å². The minimum atomic E-state index is -0.932. The number of imide groups is 1. The van der Waals surface area contributed by atoms with Crippen molar-refractivity contribution in [3.8, 4) is 0 Å². The Morgan fingerprint density at radius 1 is 1.22 bits per heavy atom. The van der Waals surface area contributed by atoms with Gasteiger partial charge in [0.25, 0.3) is 5.91 Å². The van der Waals surface area contributed by atoms with E-state index in [0.29, 0.717) is 19.4 Å². The Balaban J connectivity index is 1.24. The van der Waals surface area contributed by atoms with E-state index < -0.39 is 17.2 Å². The highest BCUT2D eigenvalue weighted by atomic mass is 16.3. The molecule has 2 aromatic rings. The van der Waals surface area contributed by atoms with Gasteiger partial charge in [0, 0.05) is 42.8 Å². The van der Waals surface area contributed by atoms with Crippen LogP contribution in [0.2, 0.25) is 0 Å². The van der Waals surface area contributed by atoms with Crippen molar-refractivity contribution in [2.75, 3.05) is 6.54 Å². The van der Waals surface area contributed by atoms with E-state index >= 15 is 0 Å². The van der Waals surface area contributed by atoms with E-state index in [-0.39, 0.29) is 36.9 Å². The first-order valence-electron chi connectivity index (χ1n) is 11.2. The summed E-state index contributed by atoms with van der Waals surface area (Å²) in [7, 11) is 0. The van der Waals surface area contributed by atoms with Gasteiger partial charge in [0.15, 0.2) is 0 Å². The molecule has 9 nitrogen and oxygen atoms in total. The molecular formula is C23H29N5O4. The molecule has 0 aromatic carbocycles. The monoisotopic (exact) mass is 439 g/mol. The minimum Gasteiger partial charge on any atom is -0.388 e. The fourth-order valence-electron chi connectivity index (χ4n) is 5.70. The van der Waals surface area contributed by atoms with Crippen molar-refractivity contribution in [2.45, 2.75) is 75.7 Å². The van der Waals surface area contributed by atoms with E-state index in [1.54, 1.807) is 20.0 Å². The van der Waals surface area contributed by atoms with Crippen molar-refractivity contribution in [1.82, 2.24) is 24.7 Å². The van der Waals surface area contributed by atoms with Crippen molar-refractivity contribution in [1.29, 1.82) is 0 Å². The molecule has 2 bridgehead atoms. The molecule has 0 saturated carbocycles. The highest BCUT2D eigenvalue weighted by Crippen LogP contribution is 2.42. The van der Waals surface area contributed by atoms with Crippen LogP contribution in [0.3, 0.4) is 0 Å². The predicted octanol–water partition coefficient (Wildman–Crippen LogP) is 1.64. The van der Waals surface area contributed by atoms with Gasteiger partial charge in [-0.2, -0.15) is 0 Å². The first-order valence-corrected chi connectivity index (χ1v) is 11.2. The van der Waals surface area contributed by atoms with Gasteiger partial charge in [-0.25, -0.2) is 4.79 Å². The number of carbonyl (C=O) groups is 3. The number of amides is 4. The second kappa shape index (κ2) is 7.30. The van der Waals surface area contributed by atoms with E-state index in [9.17, 15) is 19.5 Å². The summed E-state index contributed by atoms with van der Waals surface area (Å²) in [6.45, 7) is 3.86. The Hall–Kier alpha value is -2.94. The summed E-state index contributed by atoms with van der Waals surface area (Å²) in [5, 5.41) is 15.2. The molecule has 9 heteroatoms. The third-order valence-electron chi connectivity index (χ3n) is 7.17. The smallest absolute Gasteiger partial charge is 0.325 e. The van der Waals surface area contributed by atoms with E-state index in [1.807, 2.05) is 34.0 Å². The number of rotatable bonds is 5. The van der Waals surface area contributed by atoms with Gasteiger partial charge < -0.3 is 19.9 Å². The molecule has 0 unspecified atom stereocenters. The Morgan fingerprint density at radius 3 is 2.59 bits per heavy atom. The molecule has 3 aliphatic rings. The minimum absolute atomic E-state index is 0.0225. The standard InChI is InChI=1S/C23H29N5O4/c1-22(2)20(30)27(21(31)25-22)10-7-19(29)28-16-3-4-17(28)12-23(32,11-16)14-26-9-6-15-5-8-24-13-18(15)26/h5-6,8-9,13,16-17,32H,3-4,7,10-12,14H2,1-2H3,(H,25,31)/t16-,17-/m0/s1. The summed E-state index contributed by atoms with van der Waals surface area (Å²) in [5.74, 6) is -0.361. The topological polar surface area (TPSA) is 108 Å².